The second kappa shape index (κ2) is 7.25. The van der Waals surface area contributed by atoms with Crippen LogP contribution in [0.4, 0.5) is 0 Å². The number of methoxy groups -OCH3 is 1. The molecule has 16 heavy (non-hydrogen) atoms. The molecule has 1 N–H and O–H groups in total. The Kier molecular flexibility index (Phi) is 6.32. The zero-order valence-corrected chi connectivity index (χ0v) is 11.3. The monoisotopic (exact) mass is 228 g/mol. The second-order valence-electron chi connectivity index (χ2n) is 5.18. The quantitative estimate of drug-likeness (QED) is 0.720. The summed E-state index contributed by atoms with van der Waals surface area (Å²) < 4.78 is 5.27. The Morgan fingerprint density at radius 3 is 2.69 bits per heavy atom. The second-order valence-corrected chi connectivity index (χ2v) is 5.18. The van der Waals surface area contributed by atoms with Crippen molar-refractivity contribution in [3.63, 3.8) is 0 Å². The predicted octanol–water partition coefficient (Wildman–Crippen LogP) is 1.87. The molecule has 1 fully saturated rings. The van der Waals surface area contributed by atoms with Crippen LogP contribution in [0.25, 0.3) is 0 Å². The number of ether oxygens (including phenoxy) is 1. The zero-order valence-electron chi connectivity index (χ0n) is 11.3. The normalized spacial score (nSPS) is 24.2. The Hall–Kier alpha value is -0.120. The highest BCUT2D eigenvalue weighted by molar-refractivity contribution is 4.85. The first-order valence-corrected chi connectivity index (χ1v) is 6.66. The Morgan fingerprint density at radius 1 is 1.44 bits per heavy atom. The molecule has 2 unspecified atom stereocenters. The summed E-state index contributed by atoms with van der Waals surface area (Å²) in [6.07, 6.45) is 3.72. The molecule has 1 rings (SSSR count). The van der Waals surface area contributed by atoms with Gasteiger partial charge in [-0.05, 0) is 33.2 Å². The minimum absolute atomic E-state index is 0.534. The number of hydrogen-bond donors (Lipinski definition) is 1. The van der Waals surface area contributed by atoms with Crippen LogP contribution in [0.2, 0.25) is 0 Å². The molecule has 0 saturated carbocycles. The number of nitrogens with zero attached hydrogens (tertiary/aromatic N) is 1. The Balaban J connectivity index is 2.30. The van der Waals surface area contributed by atoms with E-state index in [9.17, 15) is 0 Å². The topological polar surface area (TPSA) is 24.5 Å². The van der Waals surface area contributed by atoms with Crippen molar-refractivity contribution in [3.8, 4) is 0 Å². The Morgan fingerprint density at radius 2 is 2.19 bits per heavy atom. The fraction of sp³-hybridized carbons (Fsp3) is 1.00. The smallest absolute Gasteiger partial charge is 0.0615 e. The van der Waals surface area contributed by atoms with Crippen molar-refractivity contribution < 1.29 is 4.74 Å². The van der Waals surface area contributed by atoms with Crippen LogP contribution in [-0.2, 0) is 4.74 Å². The number of rotatable bonds is 7. The van der Waals surface area contributed by atoms with Gasteiger partial charge in [-0.2, -0.15) is 0 Å². The summed E-state index contributed by atoms with van der Waals surface area (Å²) in [6, 6.07) is 1.88. The van der Waals surface area contributed by atoms with Gasteiger partial charge in [-0.1, -0.05) is 13.3 Å². The van der Waals surface area contributed by atoms with Crippen LogP contribution in [-0.4, -0.2) is 49.8 Å². The first kappa shape index (κ1) is 13.9. The van der Waals surface area contributed by atoms with Crippen LogP contribution >= 0.6 is 0 Å². The van der Waals surface area contributed by atoms with Gasteiger partial charge in [0.1, 0.15) is 0 Å². The lowest BCUT2D eigenvalue weighted by Gasteiger charge is -2.24. The third-order valence-corrected chi connectivity index (χ3v) is 3.43. The molecule has 0 spiro atoms. The summed E-state index contributed by atoms with van der Waals surface area (Å²) in [5, 5.41) is 3.74. The lowest BCUT2D eigenvalue weighted by Crippen LogP contribution is -2.43. The van der Waals surface area contributed by atoms with Crippen molar-refractivity contribution in [2.75, 3.05) is 26.8 Å². The fourth-order valence-corrected chi connectivity index (χ4v) is 2.49. The zero-order chi connectivity index (χ0) is 12.0. The van der Waals surface area contributed by atoms with Gasteiger partial charge in [-0.25, -0.2) is 0 Å². The maximum absolute atomic E-state index is 5.27. The van der Waals surface area contributed by atoms with Crippen LogP contribution in [0.5, 0.6) is 0 Å². The standard InChI is InChI=1S/C13H28N2O/c1-5-6-13(10-16-4)14-12-7-8-15(9-12)11(2)3/h11-14H,5-10H2,1-4H3. The van der Waals surface area contributed by atoms with E-state index >= 15 is 0 Å². The van der Waals surface area contributed by atoms with Crippen molar-refractivity contribution in [2.45, 2.75) is 58.2 Å². The number of likely N-dealkylation sites (tertiary alicyclic amines) is 1. The highest BCUT2D eigenvalue weighted by Gasteiger charge is 2.25. The highest BCUT2D eigenvalue weighted by Crippen LogP contribution is 2.13. The van der Waals surface area contributed by atoms with Crippen molar-refractivity contribution in [1.82, 2.24) is 10.2 Å². The average Bonchev–Trinajstić information content (AvgIpc) is 2.67. The summed E-state index contributed by atoms with van der Waals surface area (Å²) in [5.74, 6) is 0. The summed E-state index contributed by atoms with van der Waals surface area (Å²) in [4.78, 5) is 2.55. The van der Waals surface area contributed by atoms with Gasteiger partial charge in [0.15, 0.2) is 0 Å². The van der Waals surface area contributed by atoms with E-state index in [4.69, 9.17) is 4.74 Å². The van der Waals surface area contributed by atoms with Gasteiger partial charge in [-0.15, -0.1) is 0 Å². The predicted molar refractivity (Wildman–Crippen MR) is 68.8 cm³/mol. The molecule has 0 aromatic rings. The van der Waals surface area contributed by atoms with E-state index < -0.39 is 0 Å². The van der Waals surface area contributed by atoms with E-state index in [1.165, 1.54) is 32.4 Å². The van der Waals surface area contributed by atoms with Crippen LogP contribution < -0.4 is 5.32 Å². The molecule has 1 aliphatic heterocycles. The van der Waals surface area contributed by atoms with Crippen molar-refractivity contribution in [1.29, 1.82) is 0 Å². The summed E-state index contributed by atoms with van der Waals surface area (Å²) >= 11 is 0. The van der Waals surface area contributed by atoms with Crippen LogP contribution in [0.15, 0.2) is 0 Å². The first-order chi connectivity index (χ1) is 7.67. The van der Waals surface area contributed by atoms with E-state index in [0.29, 0.717) is 18.1 Å². The largest absolute Gasteiger partial charge is 0.383 e. The van der Waals surface area contributed by atoms with Gasteiger partial charge < -0.3 is 10.1 Å². The van der Waals surface area contributed by atoms with E-state index in [-0.39, 0.29) is 0 Å². The lowest BCUT2D eigenvalue weighted by atomic mass is 10.1. The molecule has 1 aliphatic rings. The van der Waals surface area contributed by atoms with Gasteiger partial charge >= 0.3 is 0 Å². The summed E-state index contributed by atoms with van der Waals surface area (Å²) in [7, 11) is 1.79. The molecule has 3 heteroatoms. The highest BCUT2D eigenvalue weighted by atomic mass is 16.5. The summed E-state index contributed by atoms with van der Waals surface area (Å²) in [6.45, 7) is 10.1. The summed E-state index contributed by atoms with van der Waals surface area (Å²) in [5.41, 5.74) is 0. The van der Waals surface area contributed by atoms with Crippen molar-refractivity contribution in [3.05, 3.63) is 0 Å². The van der Waals surface area contributed by atoms with E-state index in [2.05, 4.69) is 31.0 Å². The molecular weight excluding hydrogens is 200 g/mol. The molecule has 0 aliphatic carbocycles. The molecule has 0 bridgehead atoms. The third-order valence-electron chi connectivity index (χ3n) is 3.43. The maximum atomic E-state index is 5.27. The van der Waals surface area contributed by atoms with Crippen LogP contribution in [0, 0.1) is 0 Å². The lowest BCUT2D eigenvalue weighted by molar-refractivity contribution is 0.155. The van der Waals surface area contributed by atoms with Crippen LogP contribution in [0.1, 0.15) is 40.0 Å². The van der Waals surface area contributed by atoms with Gasteiger partial charge in [0, 0.05) is 31.8 Å². The molecule has 2 atom stereocenters. The fourth-order valence-electron chi connectivity index (χ4n) is 2.49. The minimum atomic E-state index is 0.534. The minimum Gasteiger partial charge on any atom is -0.383 e. The van der Waals surface area contributed by atoms with Gasteiger partial charge in [0.2, 0.25) is 0 Å². The van der Waals surface area contributed by atoms with E-state index in [1.807, 2.05) is 0 Å². The third kappa shape index (κ3) is 4.40. The van der Waals surface area contributed by atoms with Gasteiger partial charge in [-0.3, -0.25) is 4.90 Å². The molecule has 0 radical (unpaired) electrons. The maximum Gasteiger partial charge on any atom is 0.0615 e. The SMILES string of the molecule is CCCC(COC)NC1CCN(C(C)C)C1. The van der Waals surface area contributed by atoms with E-state index in [1.54, 1.807) is 7.11 Å². The Bertz CT molecular complexity index is 179. The number of hydrogen-bond acceptors (Lipinski definition) is 3. The molecule has 0 amide bonds. The van der Waals surface area contributed by atoms with Crippen molar-refractivity contribution >= 4 is 0 Å². The first-order valence-electron chi connectivity index (χ1n) is 6.66. The van der Waals surface area contributed by atoms with Crippen molar-refractivity contribution in [2.24, 2.45) is 0 Å². The van der Waals surface area contributed by atoms with Gasteiger partial charge in [0.05, 0.1) is 6.61 Å². The molecule has 0 aromatic carbocycles. The molecule has 1 heterocycles. The van der Waals surface area contributed by atoms with Gasteiger partial charge in [0.25, 0.3) is 0 Å². The van der Waals surface area contributed by atoms with Crippen LogP contribution in [0.3, 0.4) is 0 Å². The molecule has 96 valence electrons. The molecule has 1 saturated heterocycles. The Labute approximate surface area is 101 Å². The van der Waals surface area contributed by atoms with E-state index in [0.717, 1.165) is 6.61 Å². The molecular formula is C13H28N2O. The molecule has 0 aromatic heterocycles. The molecule has 3 nitrogen and oxygen atoms in total. The average molecular weight is 228 g/mol. The number of nitrogens with one attached hydrogen (secondary N) is 1.